The van der Waals surface area contributed by atoms with Gasteiger partial charge in [-0.1, -0.05) is 107 Å². The molecule has 0 bridgehead atoms. The number of benzene rings is 6. The van der Waals surface area contributed by atoms with Crippen molar-refractivity contribution in [2.75, 3.05) is 0 Å². The number of hydrogen-bond acceptors (Lipinski definition) is 3. The van der Waals surface area contributed by atoms with Crippen LogP contribution in [0.2, 0.25) is 0 Å². The summed E-state index contributed by atoms with van der Waals surface area (Å²) in [6.07, 6.45) is 3.62. The van der Waals surface area contributed by atoms with Gasteiger partial charge in [0.1, 0.15) is 0 Å². The molecule has 0 fully saturated rings. The number of rotatable bonds is 4. The van der Waals surface area contributed by atoms with E-state index in [0.29, 0.717) is 11.1 Å². The fourth-order valence-corrected chi connectivity index (χ4v) is 9.33. The van der Waals surface area contributed by atoms with E-state index in [9.17, 15) is 10.5 Å². The molecule has 3 aromatic heterocycles. The highest BCUT2D eigenvalue weighted by Gasteiger charge is 2.28. The van der Waals surface area contributed by atoms with Gasteiger partial charge in [0.2, 0.25) is 0 Å². The molecule has 0 unspecified atom stereocenters. The summed E-state index contributed by atoms with van der Waals surface area (Å²) in [5.41, 5.74) is 15.6. The standard InChI is InChI=1S/C59H57N5/c1-56(2,3)39-14-19-51-45(30-39)46-31-40(57(4,5)6)15-20-52(46)63(51)50-18-13-36(34-60)27-44(50)49-29-37(35-61)28-43(38-23-25-62-26-24-38)55(49)64-53-21-16-41(58(7,8)9)32-47(53)48-33-42(59(10,11)12)17-22-54(48)64/h13-33H,1-12H3. The summed E-state index contributed by atoms with van der Waals surface area (Å²) in [4.78, 5) is 4.41. The first-order valence-electron chi connectivity index (χ1n) is 22.4. The number of fused-ring (bicyclic) bond motifs is 6. The van der Waals surface area contributed by atoms with Crippen LogP contribution < -0.4 is 0 Å². The molecule has 0 radical (unpaired) electrons. The third-order valence-corrected chi connectivity index (χ3v) is 13.1. The van der Waals surface area contributed by atoms with Crippen molar-refractivity contribution in [3.63, 3.8) is 0 Å². The van der Waals surface area contributed by atoms with E-state index in [0.717, 1.165) is 55.7 Å². The second-order valence-electron chi connectivity index (χ2n) is 21.7. The van der Waals surface area contributed by atoms with Gasteiger partial charge in [-0.3, -0.25) is 4.98 Å². The number of nitriles is 2. The van der Waals surface area contributed by atoms with E-state index in [-0.39, 0.29) is 21.7 Å². The molecule has 0 amide bonds. The van der Waals surface area contributed by atoms with E-state index < -0.39 is 0 Å². The maximum absolute atomic E-state index is 10.9. The maximum atomic E-state index is 10.9. The van der Waals surface area contributed by atoms with Gasteiger partial charge in [0.05, 0.1) is 56.7 Å². The number of hydrogen-bond donors (Lipinski definition) is 0. The minimum atomic E-state index is -0.0672. The minimum Gasteiger partial charge on any atom is -0.309 e. The van der Waals surface area contributed by atoms with Gasteiger partial charge in [0, 0.05) is 50.6 Å². The Morgan fingerprint density at radius 2 is 0.766 bits per heavy atom. The van der Waals surface area contributed by atoms with Gasteiger partial charge >= 0.3 is 0 Å². The van der Waals surface area contributed by atoms with Crippen LogP contribution in [0.5, 0.6) is 0 Å². The number of aromatic nitrogens is 3. The molecule has 0 saturated heterocycles. The van der Waals surface area contributed by atoms with Gasteiger partial charge in [-0.2, -0.15) is 10.5 Å². The predicted octanol–water partition coefficient (Wildman–Crippen LogP) is 15.5. The SMILES string of the molecule is CC(C)(C)c1ccc2c(c1)c1cc(C(C)(C)C)ccc1n2-c1ccc(C#N)cc1-c1cc(C#N)cc(-c2ccncc2)c1-n1c2ccc(C(C)(C)C)cc2c2cc(C(C)(C)C)ccc21. The highest BCUT2D eigenvalue weighted by Crippen LogP contribution is 2.47. The van der Waals surface area contributed by atoms with Crippen molar-refractivity contribution in [1.29, 1.82) is 10.5 Å². The van der Waals surface area contributed by atoms with Gasteiger partial charge in [-0.25, -0.2) is 0 Å². The zero-order valence-corrected chi connectivity index (χ0v) is 39.4. The molecule has 5 nitrogen and oxygen atoms in total. The molecule has 0 spiro atoms. The van der Waals surface area contributed by atoms with Gasteiger partial charge in [0.15, 0.2) is 0 Å². The zero-order valence-electron chi connectivity index (χ0n) is 39.4. The molecule has 3 heterocycles. The molecule has 0 aliphatic rings. The lowest BCUT2D eigenvalue weighted by atomic mass is 9.85. The molecule has 5 heteroatoms. The predicted molar refractivity (Wildman–Crippen MR) is 268 cm³/mol. The van der Waals surface area contributed by atoms with Crippen LogP contribution in [0.25, 0.3) is 77.2 Å². The number of pyridine rings is 1. The largest absolute Gasteiger partial charge is 0.309 e. The molecule has 0 saturated carbocycles. The average Bonchev–Trinajstić information content (AvgIpc) is 3.76. The zero-order chi connectivity index (χ0) is 45.7. The van der Waals surface area contributed by atoms with Crippen molar-refractivity contribution >= 4 is 43.6 Å². The first kappa shape index (κ1) is 42.4. The van der Waals surface area contributed by atoms with Crippen molar-refractivity contribution in [1.82, 2.24) is 14.1 Å². The second-order valence-corrected chi connectivity index (χ2v) is 21.7. The molecule has 6 aromatic carbocycles. The molecule has 318 valence electrons. The quantitative estimate of drug-likeness (QED) is 0.177. The summed E-state index contributed by atoms with van der Waals surface area (Å²) in [5.74, 6) is 0. The fraction of sp³-hybridized carbons (Fsp3) is 0.271. The molecule has 0 aliphatic heterocycles. The van der Waals surface area contributed by atoms with Crippen molar-refractivity contribution < 1.29 is 0 Å². The van der Waals surface area contributed by atoms with E-state index in [1.165, 1.54) is 43.8 Å². The van der Waals surface area contributed by atoms with Crippen molar-refractivity contribution in [2.45, 2.75) is 105 Å². The Morgan fingerprint density at radius 1 is 0.391 bits per heavy atom. The number of nitrogens with zero attached hydrogens (tertiary/aromatic N) is 5. The molecule has 9 aromatic rings. The summed E-state index contributed by atoms with van der Waals surface area (Å²) in [6.45, 7) is 27.2. The third kappa shape index (κ3) is 7.14. The molecule has 0 aliphatic carbocycles. The van der Waals surface area contributed by atoms with Crippen LogP contribution in [0.1, 0.15) is 116 Å². The molecular weight excluding hydrogens is 779 g/mol. The Balaban J connectivity index is 1.47. The molecule has 0 atom stereocenters. The third-order valence-electron chi connectivity index (χ3n) is 13.1. The highest BCUT2D eigenvalue weighted by molar-refractivity contribution is 6.13. The smallest absolute Gasteiger partial charge is 0.0992 e. The van der Waals surface area contributed by atoms with Gasteiger partial charge < -0.3 is 9.13 Å². The first-order chi connectivity index (χ1) is 30.2. The summed E-state index contributed by atoms with van der Waals surface area (Å²) in [5, 5.41) is 26.2. The van der Waals surface area contributed by atoms with E-state index >= 15 is 0 Å². The van der Waals surface area contributed by atoms with Crippen LogP contribution in [0, 0.1) is 22.7 Å². The topological polar surface area (TPSA) is 70.3 Å². The maximum Gasteiger partial charge on any atom is 0.0992 e. The average molecular weight is 836 g/mol. The Labute approximate surface area is 378 Å². The normalized spacial score (nSPS) is 12.7. The Kier molecular flexibility index (Phi) is 9.81. The van der Waals surface area contributed by atoms with E-state index in [1.807, 2.05) is 48.8 Å². The summed E-state index contributed by atoms with van der Waals surface area (Å²) < 4.78 is 4.77. The molecular formula is C59H57N5. The lowest BCUT2D eigenvalue weighted by molar-refractivity contribution is 0.590. The monoisotopic (exact) mass is 835 g/mol. The van der Waals surface area contributed by atoms with Crippen LogP contribution in [-0.4, -0.2) is 14.1 Å². The molecule has 9 rings (SSSR count). The summed E-state index contributed by atoms with van der Waals surface area (Å²) >= 11 is 0. The summed E-state index contributed by atoms with van der Waals surface area (Å²) in [6, 6.07) is 46.6. The summed E-state index contributed by atoms with van der Waals surface area (Å²) in [7, 11) is 0. The van der Waals surface area contributed by atoms with Crippen LogP contribution >= 0.6 is 0 Å². The van der Waals surface area contributed by atoms with Gasteiger partial charge in [-0.05, 0) is 140 Å². The van der Waals surface area contributed by atoms with Gasteiger partial charge in [-0.15, -0.1) is 0 Å². The minimum absolute atomic E-state index is 0.0521. The lowest BCUT2D eigenvalue weighted by Crippen LogP contribution is -2.10. The Hall–Kier alpha value is -6.95. The highest BCUT2D eigenvalue weighted by atomic mass is 15.0. The van der Waals surface area contributed by atoms with E-state index in [1.54, 1.807) is 0 Å². The van der Waals surface area contributed by atoms with E-state index in [2.05, 4.69) is 188 Å². The van der Waals surface area contributed by atoms with Crippen LogP contribution in [0.4, 0.5) is 0 Å². The van der Waals surface area contributed by atoms with Crippen LogP contribution in [-0.2, 0) is 21.7 Å². The second kappa shape index (κ2) is 14.8. The van der Waals surface area contributed by atoms with Crippen molar-refractivity contribution in [3.8, 4) is 45.8 Å². The molecule has 0 N–H and O–H groups in total. The van der Waals surface area contributed by atoms with Crippen LogP contribution in [0.3, 0.4) is 0 Å². The van der Waals surface area contributed by atoms with E-state index in [4.69, 9.17) is 0 Å². The fourth-order valence-electron chi connectivity index (χ4n) is 9.33. The van der Waals surface area contributed by atoms with Crippen molar-refractivity contribution in [2.24, 2.45) is 0 Å². The molecule has 64 heavy (non-hydrogen) atoms. The van der Waals surface area contributed by atoms with Crippen LogP contribution in [0.15, 0.2) is 128 Å². The Bertz CT molecular complexity index is 3280. The van der Waals surface area contributed by atoms with Gasteiger partial charge in [0.25, 0.3) is 0 Å². The lowest BCUT2D eigenvalue weighted by Gasteiger charge is -2.23. The first-order valence-corrected chi connectivity index (χ1v) is 22.4. The van der Waals surface area contributed by atoms with Crippen molar-refractivity contribution in [3.05, 3.63) is 161 Å². The Morgan fingerprint density at radius 3 is 1.16 bits per heavy atom.